The number of pyridine rings is 1. The number of rotatable bonds is 4. The van der Waals surface area contributed by atoms with Crippen molar-refractivity contribution in [2.75, 3.05) is 5.73 Å². The molecule has 20 heavy (non-hydrogen) atoms. The first-order chi connectivity index (χ1) is 9.29. The fourth-order valence-corrected chi connectivity index (χ4v) is 2.61. The van der Waals surface area contributed by atoms with Gasteiger partial charge in [0.2, 0.25) is 15.9 Å². The van der Waals surface area contributed by atoms with Gasteiger partial charge in [0.15, 0.2) is 0 Å². The van der Waals surface area contributed by atoms with Gasteiger partial charge in [0.25, 0.3) is 0 Å². The van der Waals surface area contributed by atoms with Crippen molar-refractivity contribution < 1.29 is 12.8 Å². The molecule has 0 fully saturated rings. The molecule has 0 aliphatic rings. The zero-order chi connectivity index (χ0) is 14.9. The van der Waals surface area contributed by atoms with Crippen molar-refractivity contribution in [1.29, 1.82) is 0 Å². The standard InChI is InChI=1S/C11H13ClN4O3S/c1-6-7(2)19-10(16-6)5-15-20(17,18)8-3-9(12)11(13)14-4-8/h3-4,15H,5H2,1-2H3,(H2,13,14). The van der Waals surface area contributed by atoms with Crippen molar-refractivity contribution in [2.45, 2.75) is 25.3 Å². The fraction of sp³-hybridized carbons (Fsp3) is 0.273. The first-order valence-corrected chi connectivity index (χ1v) is 7.49. The minimum atomic E-state index is -3.75. The summed E-state index contributed by atoms with van der Waals surface area (Å²) in [5.74, 6) is 1.01. The van der Waals surface area contributed by atoms with Crippen LogP contribution in [0.3, 0.4) is 0 Å². The molecule has 3 N–H and O–H groups in total. The van der Waals surface area contributed by atoms with Gasteiger partial charge in [-0.25, -0.2) is 23.1 Å². The Bertz CT molecular complexity index is 723. The third kappa shape index (κ3) is 3.09. The fourth-order valence-electron chi connectivity index (χ4n) is 1.43. The Morgan fingerprint density at radius 3 is 2.70 bits per heavy atom. The number of aryl methyl sites for hydroxylation is 2. The summed E-state index contributed by atoms with van der Waals surface area (Å²) >= 11 is 5.75. The van der Waals surface area contributed by atoms with Crippen LogP contribution in [0.5, 0.6) is 0 Å². The largest absolute Gasteiger partial charge is 0.444 e. The Morgan fingerprint density at radius 2 is 2.15 bits per heavy atom. The molecule has 0 radical (unpaired) electrons. The summed E-state index contributed by atoms with van der Waals surface area (Å²) < 4.78 is 31.7. The molecule has 0 amide bonds. The Labute approximate surface area is 121 Å². The van der Waals surface area contributed by atoms with E-state index in [0.717, 1.165) is 11.9 Å². The molecule has 108 valence electrons. The van der Waals surface area contributed by atoms with Crippen LogP contribution in [0.15, 0.2) is 21.6 Å². The second-order valence-electron chi connectivity index (χ2n) is 4.11. The van der Waals surface area contributed by atoms with Gasteiger partial charge in [-0.3, -0.25) is 0 Å². The quantitative estimate of drug-likeness (QED) is 0.882. The molecule has 0 unspecified atom stereocenters. The van der Waals surface area contributed by atoms with E-state index < -0.39 is 10.0 Å². The van der Waals surface area contributed by atoms with Gasteiger partial charge in [0.05, 0.1) is 17.3 Å². The highest BCUT2D eigenvalue weighted by molar-refractivity contribution is 7.89. The molecular formula is C11H13ClN4O3S. The molecule has 2 aromatic rings. The molecule has 0 spiro atoms. The minimum absolute atomic E-state index is 0.0565. The average molecular weight is 317 g/mol. The SMILES string of the molecule is Cc1nc(CNS(=O)(=O)c2cnc(N)c(Cl)c2)oc1C. The predicted octanol–water partition coefficient (Wildman–Crippen LogP) is 1.40. The van der Waals surface area contributed by atoms with Crippen molar-refractivity contribution in [2.24, 2.45) is 0 Å². The second kappa shape index (κ2) is 5.39. The number of oxazole rings is 1. The predicted molar refractivity (Wildman–Crippen MR) is 73.7 cm³/mol. The number of aromatic nitrogens is 2. The summed E-state index contributed by atoms with van der Waals surface area (Å²) in [5, 5.41) is 0.0793. The highest BCUT2D eigenvalue weighted by Gasteiger charge is 2.17. The Balaban J connectivity index is 2.16. The Hall–Kier alpha value is -1.64. The summed E-state index contributed by atoms with van der Waals surface area (Å²) in [4.78, 5) is 7.72. The van der Waals surface area contributed by atoms with Crippen LogP contribution in [-0.4, -0.2) is 18.4 Å². The Kier molecular flexibility index (Phi) is 3.98. The lowest BCUT2D eigenvalue weighted by Gasteiger charge is -2.05. The van der Waals surface area contributed by atoms with Crippen LogP contribution in [0.4, 0.5) is 5.82 Å². The summed E-state index contributed by atoms with van der Waals surface area (Å²) in [6.45, 7) is 3.48. The third-order valence-corrected chi connectivity index (χ3v) is 4.31. The zero-order valence-corrected chi connectivity index (χ0v) is 12.4. The average Bonchev–Trinajstić information content (AvgIpc) is 2.70. The first-order valence-electron chi connectivity index (χ1n) is 5.63. The van der Waals surface area contributed by atoms with Crippen molar-refractivity contribution in [3.8, 4) is 0 Å². The number of hydrogen-bond acceptors (Lipinski definition) is 6. The molecule has 0 bridgehead atoms. The molecular weight excluding hydrogens is 304 g/mol. The van der Waals surface area contributed by atoms with E-state index in [-0.39, 0.29) is 28.2 Å². The minimum Gasteiger partial charge on any atom is -0.444 e. The van der Waals surface area contributed by atoms with Gasteiger partial charge in [-0.1, -0.05) is 11.6 Å². The number of anilines is 1. The second-order valence-corrected chi connectivity index (χ2v) is 6.29. The Morgan fingerprint density at radius 1 is 1.45 bits per heavy atom. The molecule has 9 heteroatoms. The maximum absolute atomic E-state index is 12.0. The van der Waals surface area contributed by atoms with Crippen molar-refractivity contribution in [1.82, 2.24) is 14.7 Å². The lowest BCUT2D eigenvalue weighted by molar-refractivity contribution is 0.463. The summed E-state index contributed by atoms with van der Waals surface area (Å²) in [6.07, 6.45) is 1.13. The summed E-state index contributed by atoms with van der Waals surface area (Å²) in [5.41, 5.74) is 6.15. The van der Waals surface area contributed by atoms with Crippen molar-refractivity contribution >= 4 is 27.4 Å². The van der Waals surface area contributed by atoms with Crippen LogP contribution in [-0.2, 0) is 16.6 Å². The number of nitrogens with two attached hydrogens (primary N) is 1. The molecule has 0 aliphatic carbocycles. The number of halogens is 1. The molecule has 2 heterocycles. The molecule has 2 aromatic heterocycles. The molecule has 0 aliphatic heterocycles. The zero-order valence-electron chi connectivity index (χ0n) is 10.8. The molecule has 0 aromatic carbocycles. The third-order valence-electron chi connectivity index (χ3n) is 2.64. The lowest BCUT2D eigenvalue weighted by Crippen LogP contribution is -2.23. The number of nitrogens with zero attached hydrogens (tertiary/aromatic N) is 2. The van der Waals surface area contributed by atoms with Crippen LogP contribution in [0.2, 0.25) is 5.02 Å². The lowest BCUT2D eigenvalue weighted by atomic mass is 10.4. The number of nitrogens with one attached hydrogen (secondary N) is 1. The summed E-state index contributed by atoms with van der Waals surface area (Å²) in [6, 6.07) is 1.23. The van der Waals surface area contributed by atoms with E-state index in [1.807, 2.05) is 0 Å². The highest BCUT2D eigenvalue weighted by atomic mass is 35.5. The highest BCUT2D eigenvalue weighted by Crippen LogP contribution is 2.20. The van der Waals surface area contributed by atoms with Crippen LogP contribution < -0.4 is 10.5 Å². The van der Waals surface area contributed by atoms with E-state index in [1.54, 1.807) is 13.8 Å². The van der Waals surface area contributed by atoms with Gasteiger partial charge in [-0.05, 0) is 19.9 Å². The number of hydrogen-bond donors (Lipinski definition) is 2. The van der Waals surface area contributed by atoms with Crippen molar-refractivity contribution in [3.63, 3.8) is 0 Å². The monoisotopic (exact) mass is 316 g/mol. The molecule has 0 saturated heterocycles. The van der Waals surface area contributed by atoms with Crippen molar-refractivity contribution in [3.05, 3.63) is 34.6 Å². The van der Waals surface area contributed by atoms with Gasteiger partial charge in [0.1, 0.15) is 16.5 Å². The molecule has 7 nitrogen and oxygen atoms in total. The maximum Gasteiger partial charge on any atom is 0.242 e. The van der Waals surface area contributed by atoms with Gasteiger partial charge in [-0.2, -0.15) is 0 Å². The van der Waals surface area contributed by atoms with E-state index in [2.05, 4.69) is 14.7 Å². The summed E-state index contributed by atoms with van der Waals surface area (Å²) in [7, 11) is -3.75. The van der Waals surface area contributed by atoms with E-state index >= 15 is 0 Å². The number of sulfonamides is 1. The van der Waals surface area contributed by atoms with Crippen LogP contribution in [0.25, 0.3) is 0 Å². The van der Waals surface area contributed by atoms with Gasteiger partial charge < -0.3 is 10.2 Å². The molecule has 0 saturated carbocycles. The first kappa shape index (κ1) is 14.8. The smallest absolute Gasteiger partial charge is 0.242 e. The van der Waals surface area contributed by atoms with Gasteiger partial charge in [0, 0.05) is 6.20 Å². The normalized spacial score (nSPS) is 11.8. The van der Waals surface area contributed by atoms with E-state index in [0.29, 0.717) is 5.76 Å². The maximum atomic E-state index is 12.0. The van der Waals surface area contributed by atoms with E-state index in [4.69, 9.17) is 21.8 Å². The van der Waals surface area contributed by atoms with Crippen LogP contribution in [0, 0.1) is 13.8 Å². The van der Waals surface area contributed by atoms with Gasteiger partial charge >= 0.3 is 0 Å². The van der Waals surface area contributed by atoms with E-state index in [9.17, 15) is 8.42 Å². The molecule has 2 rings (SSSR count). The van der Waals surface area contributed by atoms with E-state index in [1.165, 1.54) is 6.07 Å². The topological polar surface area (TPSA) is 111 Å². The van der Waals surface area contributed by atoms with Crippen LogP contribution >= 0.6 is 11.6 Å². The molecule has 0 atom stereocenters. The van der Waals surface area contributed by atoms with Crippen LogP contribution in [0.1, 0.15) is 17.3 Å². The number of nitrogen functional groups attached to an aromatic ring is 1. The van der Waals surface area contributed by atoms with Gasteiger partial charge in [-0.15, -0.1) is 0 Å².